The van der Waals surface area contributed by atoms with Gasteiger partial charge in [-0.15, -0.1) is 0 Å². The van der Waals surface area contributed by atoms with Crippen molar-refractivity contribution < 1.29 is 29.2 Å². The Kier molecular flexibility index (Phi) is 6.22. The number of hydrogen-bond donors (Lipinski definition) is 3. The van der Waals surface area contributed by atoms with E-state index in [0.29, 0.717) is 11.2 Å². The minimum Gasteiger partial charge on any atom is -0.487 e. The number of aryl methyl sites for hydroxylation is 1. The molecule has 3 N–H and O–H groups in total. The number of rotatable bonds is 5. The molecule has 0 unspecified atom stereocenters. The Hall–Kier alpha value is -3.24. The molecule has 0 spiro atoms. The van der Waals surface area contributed by atoms with Gasteiger partial charge in [-0.05, 0) is 52.0 Å². The molecular weight excluding hydrogens is 443 g/mol. The van der Waals surface area contributed by atoms with Gasteiger partial charge in [0.2, 0.25) is 0 Å². The van der Waals surface area contributed by atoms with E-state index in [9.17, 15) is 24.5 Å². The summed E-state index contributed by atoms with van der Waals surface area (Å²) in [5, 5.41) is 32.1. The summed E-state index contributed by atoms with van der Waals surface area (Å²) in [7, 11) is 0. The number of hydrogen-bond acceptors (Lipinski definition) is 6. The first kappa shape index (κ1) is 23.9. The van der Waals surface area contributed by atoms with E-state index in [0.717, 1.165) is 11.1 Å². The minimum absolute atomic E-state index is 0.0981. The van der Waals surface area contributed by atoms with Crippen LogP contribution in [0.1, 0.15) is 44.5 Å². The van der Waals surface area contributed by atoms with E-state index < -0.39 is 41.8 Å². The standard InChI is InChI=1S/C24H29FN4O5/c1-13-16-7-8-28(22(16)27-12-26-13)17-10-19(21(31)20(17)30)34-18-6-5-15(25)9-14(18)11-29(23(32)33)24(2,3)4/h5-9,12,17,19-21,30-31H,10-11H2,1-4H3,(H,32,33)/t17-,19+,20+,21-/m0/s1. The molecule has 2 heterocycles. The number of amides is 1. The van der Waals surface area contributed by atoms with E-state index in [1.165, 1.54) is 29.4 Å². The predicted octanol–water partition coefficient (Wildman–Crippen LogP) is 3.27. The number of carboxylic acid groups (broad SMARTS) is 1. The van der Waals surface area contributed by atoms with Crippen molar-refractivity contribution in [3.63, 3.8) is 0 Å². The smallest absolute Gasteiger partial charge is 0.408 e. The number of halogens is 1. The van der Waals surface area contributed by atoms with Crippen LogP contribution in [0.3, 0.4) is 0 Å². The van der Waals surface area contributed by atoms with Crippen molar-refractivity contribution in [3.05, 3.63) is 53.9 Å². The van der Waals surface area contributed by atoms with Crippen molar-refractivity contribution in [1.29, 1.82) is 0 Å². The molecule has 0 aliphatic heterocycles. The highest BCUT2D eigenvalue weighted by Gasteiger charge is 2.44. The van der Waals surface area contributed by atoms with Crippen LogP contribution in [0.5, 0.6) is 5.75 Å². The summed E-state index contributed by atoms with van der Waals surface area (Å²) in [5.41, 5.74) is 1.06. The van der Waals surface area contributed by atoms with Crippen molar-refractivity contribution in [2.45, 2.75) is 70.6 Å². The second-order valence-corrected chi connectivity index (χ2v) is 9.65. The van der Waals surface area contributed by atoms with Gasteiger partial charge >= 0.3 is 6.09 Å². The highest BCUT2D eigenvalue weighted by Crippen LogP contribution is 2.37. The molecule has 1 amide bonds. The Labute approximate surface area is 196 Å². The van der Waals surface area contributed by atoms with Crippen LogP contribution in [0.15, 0.2) is 36.8 Å². The highest BCUT2D eigenvalue weighted by atomic mass is 19.1. The third kappa shape index (κ3) is 4.43. The second kappa shape index (κ2) is 8.84. The minimum atomic E-state index is -1.21. The zero-order valence-corrected chi connectivity index (χ0v) is 19.5. The number of fused-ring (bicyclic) bond motifs is 1. The molecule has 2 aromatic heterocycles. The SMILES string of the molecule is Cc1ncnc2c1ccn2[C@H]1C[C@@H](Oc2ccc(F)cc2CN(C(=O)O)C(C)(C)C)[C@H](O)[C@@H]1O. The average molecular weight is 473 g/mol. The molecule has 10 heteroatoms. The van der Waals surface area contributed by atoms with Gasteiger partial charge in [-0.2, -0.15) is 0 Å². The molecule has 1 aliphatic carbocycles. The molecule has 1 fully saturated rings. The third-order valence-electron chi connectivity index (χ3n) is 6.33. The summed E-state index contributed by atoms with van der Waals surface area (Å²) < 4.78 is 21.9. The maximum atomic E-state index is 14.1. The van der Waals surface area contributed by atoms with Crippen LogP contribution < -0.4 is 4.74 Å². The molecule has 34 heavy (non-hydrogen) atoms. The topological polar surface area (TPSA) is 121 Å². The first-order chi connectivity index (χ1) is 16.0. The van der Waals surface area contributed by atoms with E-state index in [-0.39, 0.29) is 18.7 Å². The second-order valence-electron chi connectivity index (χ2n) is 9.65. The van der Waals surface area contributed by atoms with Crippen LogP contribution in [0.25, 0.3) is 11.0 Å². The van der Waals surface area contributed by atoms with Gasteiger partial charge in [-0.3, -0.25) is 4.90 Å². The van der Waals surface area contributed by atoms with Gasteiger partial charge in [0.1, 0.15) is 41.9 Å². The molecule has 0 radical (unpaired) electrons. The summed E-state index contributed by atoms with van der Waals surface area (Å²) in [6, 6.07) is 5.23. The fourth-order valence-corrected chi connectivity index (χ4v) is 4.44. The lowest BCUT2D eigenvalue weighted by Gasteiger charge is -2.33. The molecule has 1 aromatic carbocycles. The van der Waals surface area contributed by atoms with Gasteiger partial charge in [-0.25, -0.2) is 19.2 Å². The zero-order chi connectivity index (χ0) is 24.8. The van der Waals surface area contributed by atoms with Crippen molar-refractivity contribution in [2.75, 3.05) is 0 Å². The predicted molar refractivity (Wildman–Crippen MR) is 122 cm³/mol. The Morgan fingerprint density at radius 3 is 2.65 bits per heavy atom. The number of benzene rings is 1. The molecule has 4 atom stereocenters. The fourth-order valence-electron chi connectivity index (χ4n) is 4.44. The number of carbonyl (C=O) groups is 1. The largest absolute Gasteiger partial charge is 0.487 e. The fraction of sp³-hybridized carbons (Fsp3) is 0.458. The van der Waals surface area contributed by atoms with Gasteiger partial charge < -0.3 is 24.6 Å². The Morgan fingerprint density at radius 2 is 1.97 bits per heavy atom. The summed E-state index contributed by atoms with van der Waals surface area (Å²) in [4.78, 5) is 21.5. The number of aliphatic hydroxyl groups is 2. The van der Waals surface area contributed by atoms with Gasteiger partial charge in [0, 0.05) is 29.1 Å². The van der Waals surface area contributed by atoms with E-state index in [2.05, 4.69) is 9.97 Å². The van der Waals surface area contributed by atoms with E-state index >= 15 is 0 Å². The van der Waals surface area contributed by atoms with E-state index in [1.807, 2.05) is 13.0 Å². The van der Waals surface area contributed by atoms with Crippen LogP contribution in [0.4, 0.5) is 9.18 Å². The zero-order valence-electron chi connectivity index (χ0n) is 19.5. The maximum absolute atomic E-state index is 14.1. The number of nitrogens with zero attached hydrogens (tertiary/aromatic N) is 4. The van der Waals surface area contributed by atoms with Gasteiger partial charge in [0.15, 0.2) is 0 Å². The van der Waals surface area contributed by atoms with Crippen LogP contribution >= 0.6 is 0 Å². The van der Waals surface area contributed by atoms with Crippen LogP contribution in [-0.2, 0) is 6.54 Å². The number of aromatic nitrogens is 3. The molecule has 182 valence electrons. The van der Waals surface area contributed by atoms with Gasteiger partial charge in [-0.1, -0.05) is 0 Å². The summed E-state index contributed by atoms with van der Waals surface area (Å²) in [5.74, 6) is -0.273. The lowest BCUT2D eigenvalue weighted by atomic mass is 10.0. The lowest BCUT2D eigenvalue weighted by Crippen LogP contribution is -2.44. The molecule has 0 saturated heterocycles. The molecule has 1 aliphatic rings. The molecule has 0 bridgehead atoms. The lowest BCUT2D eigenvalue weighted by molar-refractivity contribution is -0.0168. The summed E-state index contributed by atoms with van der Waals surface area (Å²) >= 11 is 0. The Balaban J connectivity index is 1.61. The highest BCUT2D eigenvalue weighted by molar-refractivity contribution is 5.78. The first-order valence-electron chi connectivity index (χ1n) is 11.1. The Morgan fingerprint density at radius 1 is 1.24 bits per heavy atom. The third-order valence-corrected chi connectivity index (χ3v) is 6.33. The normalized spacial score (nSPS) is 22.8. The Bertz CT molecular complexity index is 1210. The number of ether oxygens (including phenoxy) is 1. The molecule has 4 rings (SSSR count). The quantitative estimate of drug-likeness (QED) is 0.521. The average Bonchev–Trinajstić information content (AvgIpc) is 3.30. The van der Waals surface area contributed by atoms with E-state index in [4.69, 9.17) is 4.74 Å². The summed E-state index contributed by atoms with van der Waals surface area (Å²) in [6.45, 7) is 7.01. The molecule has 9 nitrogen and oxygen atoms in total. The van der Waals surface area contributed by atoms with Crippen LogP contribution in [0.2, 0.25) is 0 Å². The van der Waals surface area contributed by atoms with Crippen molar-refractivity contribution in [1.82, 2.24) is 19.4 Å². The first-order valence-corrected chi connectivity index (χ1v) is 11.1. The van der Waals surface area contributed by atoms with Crippen molar-refractivity contribution >= 4 is 17.1 Å². The van der Waals surface area contributed by atoms with Crippen molar-refractivity contribution in [2.24, 2.45) is 0 Å². The number of aliphatic hydroxyl groups excluding tert-OH is 2. The van der Waals surface area contributed by atoms with Crippen LogP contribution in [0, 0.1) is 12.7 Å². The molecule has 3 aromatic rings. The van der Waals surface area contributed by atoms with Gasteiger partial charge in [0.05, 0.1) is 18.3 Å². The molecule has 1 saturated carbocycles. The van der Waals surface area contributed by atoms with Crippen molar-refractivity contribution in [3.8, 4) is 5.75 Å². The molecular formula is C24H29FN4O5. The van der Waals surface area contributed by atoms with Gasteiger partial charge in [0.25, 0.3) is 0 Å². The van der Waals surface area contributed by atoms with Crippen LogP contribution in [-0.4, -0.2) is 64.7 Å². The monoisotopic (exact) mass is 472 g/mol. The van der Waals surface area contributed by atoms with E-state index in [1.54, 1.807) is 31.5 Å². The maximum Gasteiger partial charge on any atom is 0.408 e. The summed E-state index contributed by atoms with van der Waals surface area (Å²) in [6.07, 6.45) is -0.742.